The third kappa shape index (κ3) is 3.06. The quantitative estimate of drug-likeness (QED) is 0.790. The summed E-state index contributed by atoms with van der Waals surface area (Å²) in [6.45, 7) is 3.62. The lowest BCUT2D eigenvalue weighted by molar-refractivity contribution is -0.138. The summed E-state index contributed by atoms with van der Waals surface area (Å²) >= 11 is 0. The van der Waals surface area contributed by atoms with Crippen LogP contribution in [0.1, 0.15) is 30.9 Å². The fourth-order valence-corrected chi connectivity index (χ4v) is 1.62. The van der Waals surface area contributed by atoms with Crippen LogP contribution >= 0.6 is 0 Å². The Hall–Kier alpha value is -1.35. The monoisotopic (exact) mass is 207 g/mol. The molecule has 3 N–H and O–H groups in total. The Morgan fingerprint density at radius 3 is 2.53 bits per heavy atom. The molecule has 0 heterocycles. The lowest BCUT2D eigenvalue weighted by atomic mass is 9.92. The van der Waals surface area contributed by atoms with E-state index in [0.717, 1.165) is 11.1 Å². The second-order valence-electron chi connectivity index (χ2n) is 3.94. The molecular formula is C12H17NO2. The number of carboxylic acid groups (broad SMARTS) is 1. The molecule has 1 aromatic carbocycles. The predicted molar refractivity (Wildman–Crippen MR) is 59.8 cm³/mol. The zero-order chi connectivity index (χ0) is 11.4. The van der Waals surface area contributed by atoms with Crippen molar-refractivity contribution in [1.29, 1.82) is 0 Å². The topological polar surface area (TPSA) is 63.3 Å². The first-order valence-corrected chi connectivity index (χ1v) is 5.08. The maximum absolute atomic E-state index is 10.9. The maximum atomic E-state index is 10.9. The molecule has 0 fully saturated rings. The summed E-state index contributed by atoms with van der Waals surface area (Å²) in [5.74, 6) is -1.27. The summed E-state index contributed by atoms with van der Waals surface area (Å²) in [4.78, 5) is 10.9. The summed E-state index contributed by atoms with van der Waals surface area (Å²) < 4.78 is 0. The molecule has 0 saturated heterocycles. The molecule has 0 spiro atoms. The molecule has 0 aliphatic carbocycles. The van der Waals surface area contributed by atoms with Crippen LogP contribution in [0.5, 0.6) is 0 Å². The number of nitrogens with two attached hydrogens (primary N) is 1. The number of benzene rings is 1. The van der Waals surface area contributed by atoms with E-state index < -0.39 is 11.9 Å². The van der Waals surface area contributed by atoms with Crippen LogP contribution in [0.3, 0.4) is 0 Å². The summed E-state index contributed by atoms with van der Waals surface area (Å²) in [6, 6.07) is 7.62. The van der Waals surface area contributed by atoms with Crippen molar-refractivity contribution in [2.24, 2.45) is 5.73 Å². The molecule has 1 aromatic rings. The number of hydrogen-bond donors (Lipinski definition) is 2. The van der Waals surface area contributed by atoms with Crippen molar-refractivity contribution in [3.63, 3.8) is 0 Å². The first kappa shape index (κ1) is 11.7. The molecule has 2 atom stereocenters. The number of rotatable bonds is 4. The highest BCUT2D eigenvalue weighted by Gasteiger charge is 2.17. The van der Waals surface area contributed by atoms with Gasteiger partial charge >= 0.3 is 5.97 Å². The van der Waals surface area contributed by atoms with Crippen molar-refractivity contribution >= 4 is 5.97 Å². The van der Waals surface area contributed by atoms with E-state index in [-0.39, 0.29) is 6.04 Å². The minimum Gasteiger partial charge on any atom is -0.481 e. The zero-order valence-electron chi connectivity index (χ0n) is 9.10. The van der Waals surface area contributed by atoms with E-state index in [1.807, 2.05) is 31.2 Å². The average molecular weight is 207 g/mol. The van der Waals surface area contributed by atoms with Crippen molar-refractivity contribution in [1.82, 2.24) is 0 Å². The van der Waals surface area contributed by atoms with Crippen molar-refractivity contribution in [3.8, 4) is 0 Å². The van der Waals surface area contributed by atoms with Crippen LogP contribution < -0.4 is 5.73 Å². The van der Waals surface area contributed by atoms with Crippen molar-refractivity contribution in [2.75, 3.05) is 0 Å². The van der Waals surface area contributed by atoms with E-state index in [9.17, 15) is 4.79 Å². The summed E-state index contributed by atoms with van der Waals surface area (Å²) in [5, 5.41) is 8.96. The summed E-state index contributed by atoms with van der Waals surface area (Å²) in [6.07, 6.45) is 0.716. The molecule has 82 valence electrons. The van der Waals surface area contributed by atoms with Gasteiger partial charge in [0.25, 0.3) is 0 Å². The van der Waals surface area contributed by atoms with Crippen LogP contribution in [0.2, 0.25) is 0 Å². The Morgan fingerprint density at radius 2 is 2.00 bits per heavy atom. The molecule has 0 radical (unpaired) electrons. The van der Waals surface area contributed by atoms with Crippen molar-refractivity contribution in [3.05, 3.63) is 35.4 Å². The minimum atomic E-state index is -0.799. The smallest absolute Gasteiger partial charge is 0.310 e. The molecule has 3 nitrogen and oxygen atoms in total. The third-order valence-electron chi connectivity index (χ3n) is 2.43. The van der Waals surface area contributed by atoms with Gasteiger partial charge in [-0.1, -0.05) is 24.3 Å². The number of hydrogen-bond acceptors (Lipinski definition) is 2. The largest absolute Gasteiger partial charge is 0.481 e. The van der Waals surface area contributed by atoms with E-state index in [1.165, 1.54) is 0 Å². The number of aliphatic carboxylic acids is 1. The van der Waals surface area contributed by atoms with Crippen molar-refractivity contribution < 1.29 is 9.90 Å². The predicted octanol–water partition coefficient (Wildman–Crippen LogP) is 1.76. The van der Waals surface area contributed by atoms with Gasteiger partial charge in [-0.3, -0.25) is 4.79 Å². The van der Waals surface area contributed by atoms with E-state index in [0.29, 0.717) is 6.42 Å². The van der Waals surface area contributed by atoms with Crippen LogP contribution in [-0.4, -0.2) is 17.1 Å². The van der Waals surface area contributed by atoms with E-state index in [1.54, 1.807) is 6.92 Å². The highest BCUT2D eigenvalue weighted by Crippen LogP contribution is 2.20. The van der Waals surface area contributed by atoms with Crippen LogP contribution in [0.25, 0.3) is 0 Å². The third-order valence-corrected chi connectivity index (χ3v) is 2.43. The first-order valence-electron chi connectivity index (χ1n) is 5.08. The molecule has 0 aliphatic rings. The van der Waals surface area contributed by atoms with Gasteiger partial charge in [0.05, 0.1) is 5.92 Å². The Kier molecular flexibility index (Phi) is 3.86. The maximum Gasteiger partial charge on any atom is 0.310 e. The molecule has 0 bridgehead atoms. The van der Waals surface area contributed by atoms with Gasteiger partial charge < -0.3 is 10.8 Å². The zero-order valence-corrected chi connectivity index (χ0v) is 9.10. The molecule has 0 saturated carbocycles. The van der Waals surface area contributed by atoms with Gasteiger partial charge in [-0.25, -0.2) is 0 Å². The minimum absolute atomic E-state index is 0.0483. The molecule has 15 heavy (non-hydrogen) atoms. The highest BCUT2D eigenvalue weighted by atomic mass is 16.4. The first-order chi connectivity index (χ1) is 7.02. The SMILES string of the molecule is CC(N)Cc1ccccc1C(C)C(=O)O. The van der Waals surface area contributed by atoms with Gasteiger partial charge in [0.2, 0.25) is 0 Å². The van der Waals surface area contributed by atoms with Crippen molar-refractivity contribution in [2.45, 2.75) is 32.2 Å². The summed E-state index contributed by atoms with van der Waals surface area (Å²) in [7, 11) is 0. The normalized spacial score (nSPS) is 14.6. The van der Waals surface area contributed by atoms with Gasteiger partial charge in [0, 0.05) is 6.04 Å². The van der Waals surface area contributed by atoms with E-state index >= 15 is 0 Å². The molecular weight excluding hydrogens is 190 g/mol. The van der Waals surface area contributed by atoms with Crippen LogP contribution in [0.4, 0.5) is 0 Å². The van der Waals surface area contributed by atoms with Crippen LogP contribution in [0, 0.1) is 0 Å². The van der Waals surface area contributed by atoms with Crippen LogP contribution in [0.15, 0.2) is 24.3 Å². The van der Waals surface area contributed by atoms with Gasteiger partial charge in [0.1, 0.15) is 0 Å². The van der Waals surface area contributed by atoms with Gasteiger partial charge in [0.15, 0.2) is 0 Å². The highest BCUT2D eigenvalue weighted by molar-refractivity contribution is 5.76. The van der Waals surface area contributed by atoms with Gasteiger partial charge in [-0.15, -0.1) is 0 Å². The molecule has 3 heteroatoms. The van der Waals surface area contributed by atoms with E-state index in [2.05, 4.69) is 0 Å². The Bertz CT molecular complexity index is 347. The van der Waals surface area contributed by atoms with Gasteiger partial charge in [-0.05, 0) is 31.4 Å². The van der Waals surface area contributed by atoms with Crippen LogP contribution in [-0.2, 0) is 11.2 Å². The second kappa shape index (κ2) is 4.94. The van der Waals surface area contributed by atoms with Gasteiger partial charge in [-0.2, -0.15) is 0 Å². The fraction of sp³-hybridized carbons (Fsp3) is 0.417. The fourth-order valence-electron chi connectivity index (χ4n) is 1.62. The Morgan fingerprint density at radius 1 is 1.40 bits per heavy atom. The standard InChI is InChI=1S/C12H17NO2/c1-8(13)7-10-5-3-4-6-11(10)9(2)12(14)15/h3-6,8-9H,7,13H2,1-2H3,(H,14,15). The molecule has 0 aliphatic heterocycles. The molecule has 1 rings (SSSR count). The number of carboxylic acids is 1. The van der Waals surface area contributed by atoms with E-state index in [4.69, 9.17) is 10.8 Å². The average Bonchev–Trinajstić information content (AvgIpc) is 2.16. The summed E-state index contributed by atoms with van der Waals surface area (Å²) in [5.41, 5.74) is 7.62. The second-order valence-corrected chi connectivity index (χ2v) is 3.94. The molecule has 0 aromatic heterocycles. The molecule has 2 unspecified atom stereocenters. The number of carbonyl (C=O) groups is 1. The Labute approximate surface area is 89.9 Å². The molecule has 0 amide bonds. The lowest BCUT2D eigenvalue weighted by Crippen LogP contribution is -2.20. The lowest BCUT2D eigenvalue weighted by Gasteiger charge is -2.14. The Balaban J connectivity index is 3.00.